The molecule has 0 aliphatic carbocycles. The third-order valence-electron chi connectivity index (χ3n) is 3.27. The van der Waals surface area contributed by atoms with Crippen LogP contribution in [0.3, 0.4) is 0 Å². The zero-order valence-corrected chi connectivity index (χ0v) is 10.4. The summed E-state index contributed by atoms with van der Waals surface area (Å²) in [5, 5.41) is 6.84. The monoisotopic (exact) mass is 236 g/mol. The molecular formula is C12H20N4O. The highest BCUT2D eigenvalue weighted by atomic mass is 16.5. The molecule has 1 saturated heterocycles. The Hall–Kier alpha value is -1.36. The Kier molecular flexibility index (Phi) is 4.14. The number of nitrogens with zero attached hydrogens (tertiary/aromatic N) is 2. The lowest BCUT2D eigenvalue weighted by molar-refractivity contribution is 0.346. The predicted octanol–water partition coefficient (Wildman–Crippen LogP) is 1.29. The van der Waals surface area contributed by atoms with Crippen molar-refractivity contribution in [1.29, 1.82) is 0 Å². The van der Waals surface area contributed by atoms with E-state index in [1.807, 2.05) is 6.07 Å². The predicted molar refractivity (Wildman–Crippen MR) is 67.3 cm³/mol. The van der Waals surface area contributed by atoms with Gasteiger partial charge < -0.3 is 15.4 Å². The Morgan fingerprint density at radius 3 is 3.12 bits per heavy atom. The second kappa shape index (κ2) is 5.82. The summed E-state index contributed by atoms with van der Waals surface area (Å²) in [5.74, 6) is 2.08. The molecule has 2 heterocycles. The van der Waals surface area contributed by atoms with E-state index in [1.54, 1.807) is 7.11 Å². The number of methoxy groups -OCH3 is 1. The molecule has 0 bridgehead atoms. The zero-order chi connectivity index (χ0) is 12.1. The van der Waals surface area contributed by atoms with E-state index in [1.165, 1.54) is 19.2 Å². The van der Waals surface area contributed by atoms with Crippen molar-refractivity contribution in [1.82, 2.24) is 15.3 Å². The lowest BCUT2D eigenvalue weighted by Crippen LogP contribution is -2.38. The van der Waals surface area contributed by atoms with Crippen LogP contribution in [0.15, 0.2) is 12.4 Å². The lowest BCUT2D eigenvalue weighted by Gasteiger charge is -2.29. The second-order valence-corrected chi connectivity index (χ2v) is 4.49. The molecule has 0 aromatic carbocycles. The average molecular weight is 236 g/mol. The number of anilines is 1. The van der Waals surface area contributed by atoms with Gasteiger partial charge in [0.15, 0.2) is 0 Å². The van der Waals surface area contributed by atoms with Gasteiger partial charge in [0, 0.05) is 12.1 Å². The Morgan fingerprint density at radius 1 is 1.53 bits per heavy atom. The molecule has 1 aliphatic heterocycles. The molecule has 94 valence electrons. The van der Waals surface area contributed by atoms with Crippen LogP contribution in [0, 0.1) is 5.92 Å². The number of aromatic nitrogens is 2. The van der Waals surface area contributed by atoms with Crippen LogP contribution in [0.4, 0.5) is 5.82 Å². The topological polar surface area (TPSA) is 59.1 Å². The smallest absolute Gasteiger partial charge is 0.218 e. The van der Waals surface area contributed by atoms with Crippen molar-refractivity contribution in [3.05, 3.63) is 12.4 Å². The SMILES string of the molecule is COc1cc(NC(C)C2CCCNC2)ncn1. The quantitative estimate of drug-likeness (QED) is 0.825. The maximum atomic E-state index is 5.08. The summed E-state index contributed by atoms with van der Waals surface area (Å²) in [7, 11) is 1.61. The number of ether oxygens (including phenoxy) is 1. The van der Waals surface area contributed by atoms with Gasteiger partial charge in [-0.05, 0) is 38.8 Å². The molecule has 1 aromatic heterocycles. The molecular weight excluding hydrogens is 216 g/mol. The highest BCUT2D eigenvalue weighted by Gasteiger charge is 2.19. The second-order valence-electron chi connectivity index (χ2n) is 4.49. The first-order chi connectivity index (χ1) is 8.29. The number of hydrogen-bond donors (Lipinski definition) is 2. The molecule has 2 rings (SSSR count). The van der Waals surface area contributed by atoms with Crippen molar-refractivity contribution >= 4 is 5.82 Å². The lowest BCUT2D eigenvalue weighted by atomic mass is 9.93. The van der Waals surface area contributed by atoms with E-state index in [2.05, 4.69) is 27.5 Å². The summed E-state index contributed by atoms with van der Waals surface area (Å²) >= 11 is 0. The fraction of sp³-hybridized carbons (Fsp3) is 0.667. The maximum Gasteiger partial charge on any atom is 0.218 e. The van der Waals surface area contributed by atoms with Crippen molar-refractivity contribution in [3.8, 4) is 5.88 Å². The summed E-state index contributed by atoms with van der Waals surface area (Å²) < 4.78 is 5.08. The number of rotatable bonds is 4. The van der Waals surface area contributed by atoms with Gasteiger partial charge in [0.05, 0.1) is 7.11 Å². The van der Waals surface area contributed by atoms with Crippen LogP contribution in [0.2, 0.25) is 0 Å². The third kappa shape index (κ3) is 3.30. The normalized spacial score (nSPS) is 21.9. The number of hydrogen-bond acceptors (Lipinski definition) is 5. The fourth-order valence-electron chi connectivity index (χ4n) is 2.19. The van der Waals surface area contributed by atoms with Crippen LogP contribution in [0.25, 0.3) is 0 Å². The Balaban J connectivity index is 1.94. The van der Waals surface area contributed by atoms with Crippen molar-refractivity contribution in [3.63, 3.8) is 0 Å². The minimum Gasteiger partial charge on any atom is -0.481 e. The molecule has 1 fully saturated rings. The summed E-state index contributed by atoms with van der Waals surface area (Å²) in [6.45, 7) is 4.42. The number of piperidine rings is 1. The Morgan fingerprint density at radius 2 is 2.41 bits per heavy atom. The van der Waals surface area contributed by atoms with Gasteiger partial charge in [0.2, 0.25) is 5.88 Å². The molecule has 0 saturated carbocycles. The third-order valence-corrected chi connectivity index (χ3v) is 3.27. The largest absolute Gasteiger partial charge is 0.481 e. The van der Waals surface area contributed by atoms with Crippen molar-refractivity contribution in [2.45, 2.75) is 25.8 Å². The minimum atomic E-state index is 0.405. The Bertz CT molecular complexity index is 352. The number of nitrogens with one attached hydrogen (secondary N) is 2. The minimum absolute atomic E-state index is 0.405. The van der Waals surface area contributed by atoms with Crippen LogP contribution in [0.5, 0.6) is 5.88 Å². The molecule has 1 aromatic rings. The fourth-order valence-corrected chi connectivity index (χ4v) is 2.19. The first-order valence-electron chi connectivity index (χ1n) is 6.13. The van der Waals surface area contributed by atoms with Gasteiger partial charge in [-0.3, -0.25) is 0 Å². The van der Waals surface area contributed by atoms with Gasteiger partial charge in [-0.1, -0.05) is 0 Å². The molecule has 1 aliphatic rings. The summed E-state index contributed by atoms with van der Waals surface area (Å²) in [4.78, 5) is 8.19. The van der Waals surface area contributed by atoms with Crippen molar-refractivity contribution in [2.75, 3.05) is 25.5 Å². The van der Waals surface area contributed by atoms with Gasteiger partial charge in [-0.25, -0.2) is 9.97 Å². The van der Waals surface area contributed by atoms with Crippen LogP contribution >= 0.6 is 0 Å². The van der Waals surface area contributed by atoms with Gasteiger partial charge >= 0.3 is 0 Å². The van der Waals surface area contributed by atoms with E-state index in [9.17, 15) is 0 Å². The van der Waals surface area contributed by atoms with Gasteiger partial charge in [-0.2, -0.15) is 0 Å². The maximum absolute atomic E-state index is 5.08. The molecule has 0 amide bonds. The highest BCUT2D eigenvalue weighted by Crippen LogP contribution is 2.18. The van der Waals surface area contributed by atoms with Crippen LogP contribution in [-0.2, 0) is 0 Å². The molecule has 5 heteroatoms. The van der Waals surface area contributed by atoms with Crippen molar-refractivity contribution in [2.24, 2.45) is 5.92 Å². The van der Waals surface area contributed by atoms with E-state index in [-0.39, 0.29) is 0 Å². The van der Waals surface area contributed by atoms with Gasteiger partial charge in [-0.15, -0.1) is 0 Å². The standard InChI is InChI=1S/C12H20N4O/c1-9(10-4-3-5-13-7-10)16-11-6-12(17-2)15-8-14-11/h6,8-10,13H,3-5,7H2,1-2H3,(H,14,15,16). The molecule has 0 spiro atoms. The average Bonchev–Trinajstić information content (AvgIpc) is 2.40. The van der Waals surface area contributed by atoms with E-state index < -0.39 is 0 Å². The Labute approximate surface area is 102 Å². The molecule has 2 N–H and O–H groups in total. The first kappa shape index (κ1) is 12.1. The molecule has 2 atom stereocenters. The summed E-state index contributed by atoms with van der Waals surface area (Å²) in [5.41, 5.74) is 0. The van der Waals surface area contributed by atoms with E-state index in [0.29, 0.717) is 17.8 Å². The zero-order valence-electron chi connectivity index (χ0n) is 10.4. The molecule has 2 unspecified atom stereocenters. The van der Waals surface area contributed by atoms with Crippen molar-refractivity contribution < 1.29 is 4.74 Å². The summed E-state index contributed by atoms with van der Waals surface area (Å²) in [6.07, 6.45) is 4.04. The van der Waals surface area contributed by atoms with Crippen LogP contribution < -0.4 is 15.4 Å². The highest BCUT2D eigenvalue weighted by molar-refractivity contribution is 5.38. The van der Waals surface area contributed by atoms with E-state index in [0.717, 1.165) is 18.9 Å². The molecule has 17 heavy (non-hydrogen) atoms. The van der Waals surface area contributed by atoms with E-state index in [4.69, 9.17) is 4.74 Å². The van der Waals surface area contributed by atoms with Crippen LogP contribution in [0.1, 0.15) is 19.8 Å². The summed E-state index contributed by atoms with van der Waals surface area (Å²) in [6, 6.07) is 2.23. The van der Waals surface area contributed by atoms with Gasteiger partial charge in [0.25, 0.3) is 0 Å². The van der Waals surface area contributed by atoms with Gasteiger partial charge in [0.1, 0.15) is 12.1 Å². The molecule has 0 radical (unpaired) electrons. The van der Waals surface area contributed by atoms with E-state index >= 15 is 0 Å². The molecule has 5 nitrogen and oxygen atoms in total. The first-order valence-corrected chi connectivity index (χ1v) is 6.13. The van der Waals surface area contributed by atoms with Crippen LogP contribution in [-0.4, -0.2) is 36.2 Å².